The summed E-state index contributed by atoms with van der Waals surface area (Å²) in [5, 5.41) is 0. The molecule has 0 saturated carbocycles. The fourth-order valence-electron chi connectivity index (χ4n) is 3.10. The molecule has 4 nitrogen and oxygen atoms in total. The van der Waals surface area contributed by atoms with Gasteiger partial charge in [0, 0.05) is 30.7 Å². The molecule has 1 amide bonds. The van der Waals surface area contributed by atoms with E-state index < -0.39 is 11.0 Å². The van der Waals surface area contributed by atoms with Crippen LogP contribution in [0.1, 0.15) is 47.5 Å². The van der Waals surface area contributed by atoms with Crippen LogP contribution in [0.15, 0.2) is 0 Å². The number of carbonyl (C=O) groups is 1. The van der Waals surface area contributed by atoms with E-state index in [4.69, 9.17) is 5.73 Å². The largest absolute Gasteiger partial charge is 0.337 e. The van der Waals surface area contributed by atoms with Gasteiger partial charge in [-0.2, -0.15) is 0 Å². The molecule has 2 saturated heterocycles. The van der Waals surface area contributed by atoms with E-state index in [0.717, 1.165) is 13.1 Å². The van der Waals surface area contributed by atoms with Crippen molar-refractivity contribution >= 4 is 5.91 Å². The van der Waals surface area contributed by atoms with E-state index in [2.05, 4.69) is 16.7 Å². The van der Waals surface area contributed by atoms with Gasteiger partial charge in [-0.3, -0.25) is 9.69 Å². The molecule has 110 valence electrons. The highest BCUT2D eigenvalue weighted by molar-refractivity contribution is 5.84. The van der Waals surface area contributed by atoms with Crippen molar-refractivity contribution in [1.29, 1.82) is 0 Å². The third-order valence-corrected chi connectivity index (χ3v) is 5.34. The molecule has 0 bridgehead atoms. The van der Waals surface area contributed by atoms with E-state index in [1.165, 1.54) is 19.4 Å². The lowest BCUT2D eigenvalue weighted by Gasteiger charge is -2.47. The van der Waals surface area contributed by atoms with Crippen molar-refractivity contribution in [2.45, 2.75) is 65.1 Å². The van der Waals surface area contributed by atoms with Crippen LogP contribution < -0.4 is 5.73 Å². The van der Waals surface area contributed by atoms with Crippen LogP contribution >= 0.6 is 0 Å². The lowest BCUT2D eigenvalue weighted by Crippen LogP contribution is -2.63. The highest BCUT2D eigenvalue weighted by Crippen LogP contribution is 2.34. The van der Waals surface area contributed by atoms with Crippen molar-refractivity contribution < 1.29 is 4.79 Å². The number of hydrogen-bond acceptors (Lipinski definition) is 3. The molecule has 0 aromatic carbocycles. The fourth-order valence-corrected chi connectivity index (χ4v) is 3.10. The van der Waals surface area contributed by atoms with E-state index in [1.807, 2.05) is 27.7 Å². The molecular weight excluding hydrogens is 238 g/mol. The normalized spacial score (nSPS) is 29.5. The Kier molecular flexibility index (Phi) is 3.69. The third kappa shape index (κ3) is 2.52. The Balaban J connectivity index is 2.15. The van der Waals surface area contributed by atoms with Gasteiger partial charge in [0.05, 0.1) is 5.41 Å². The predicted octanol–water partition coefficient (Wildman–Crippen LogP) is 1.45. The number of amides is 1. The van der Waals surface area contributed by atoms with Crippen molar-refractivity contribution in [3.8, 4) is 0 Å². The van der Waals surface area contributed by atoms with Gasteiger partial charge in [0.1, 0.15) is 0 Å². The van der Waals surface area contributed by atoms with Crippen LogP contribution in [0.5, 0.6) is 0 Å². The second-order valence-electron chi connectivity index (χ2n) is 7.44. The molecule has 2 fully saturated rings. The molecule has 0 radical (unpaired) electrons. The average Bonchev–Trinajstić information content (AvgIpc) is 2.72. The molecule has 19 heavy (non-hydrogen) atoms. The Morgan fingerprint density at radius 1 is 1.21 bits per heavy atom. The van der Waals surface area contributed by atoms with E-state index in [9.17, 15) is 4.79 Å². The molecule has 2 aliphatic rings. The minimum absolute atomic E-state index is 0.207. The molecule has 0 aromatic heterocycles. The van der Waals surface area contributed by atoms with Crippen LogP contribution in [0, 0.1) is 5.41 Å². The SMILES string of the molecule is CC1CN2CCCC2CN1C(=O)C(C)(C)C(C)(C)N. The first kappa shape index (κ1) is 14.8. The van der Waals surface area contributed by atoms with Gasteiger partial charge >= 0.3 is 0 Å². The summed E-state index contributed by atoms with van der Waals surface area (Å²) in [6, 6.07) is 0.861. The van der Waals surface area contributed by atoms with Crippen molar-refractivity contribution in [2.24, 2.45) is 11.1 Å². The van der Waals surface area contributed by atoms with Gasteiger partial charge in [-0.05, 0) is 54.0 Å². The van der Waals surface area contributed by atoms with Crippen molar-refractivity contribution in [2.75, 3.05) is 19.6 Å². The van der Waals surface area contributed by atoms with Crippen LogP contribution in [0.25, 0.3) is 0 Å². The van der Waals surface area contributed by atoms with Crippen LogP contribution in [0.2, 0.25) is 0 Å². The molecule has 2 atom stereocenters. The van der Waals surface area contributed by atoms with Crippen LogP contribution in [-0.4, -0.2) is 53.0 Å². The summed E-state index contributed by atoms with van der Waals surface area (Å²) in [6.07, 6.45) is 2.49. The zero-order chi connectivity index (χ0) is 14.4. The topological polar surface area (TPSA) is 49.6 Å². The zero-order valence-corrected chi connectivity index (χ0v) is 13.1. The molecule has 2 unspecified atom stereocenters. The standard InChI is InChI=1S/C15H29N3O/c1-11-9-17-8-6-7-12(17)10-18(11)13(19)14(2,3)15(4,5)16/h11-12H,6-10,16H2,1-5H3. The minimum atomic E-state index is -0.526. The molecular formula is C15H29N3O. The lowest BCUT2D eigenvalue weighted by atomic mass is 9.73. The van der Waals surface area contributed by atoms with Gasteiger partial charge in [-0.15, -0.1) is 0 Å². The number of fused-ring (bicyclic) bond motifs is 1. The number of hydrogen-bond donors (Lipinski definition) is 1. The van der Waals surface area contributed by atoms with Crippen LogP contribution in [0.3, 0.4) is 0 Å². The van der Waals surface area contributed by atoms with E-state index in [0.29, 0.717) is 12.1 Å². The average molecular weight is 267 g/mol. The van der Waals surface area contributed by atoms with Crippen molar-refractivity contribution in [3.63, 3.8) is 0 Å². The molecule has 4 heteroatoms. The van der Waals surface area contributed by atoms with Crippen LogP contribution in [0.4, 0.5) is 0 Å². The van der Waals surface area contributed by atoms with E-state index in [1.54, 1.807) is 0 Å². The summed E-state index contributed by atoms with van der Waals surface area (Å²) in [4.78, 5) is 17.5. The summed E-state index contributed by atoms with van der Waals surface area (Å²) < 4.78 is 0. The fraction of sp³-hybridized carbons (Fsp3) is 0.933. The Labute approximate surface area is 117 Å². The summed E-state index contributed by atoms with van der Waals surface area (Å²) >= 11 is 0. The molecule has 0 spiro atoms. The van der Waals surface area contributed by atoms with E-state index in [-0.39, 0.29) is 5.91 Å². The van der Waals surface area contributed by atoms with Gasteiger partial charge in [0.15, 0.2) is 0 Å². The first-order valence-corrected chi connectivity index (χ1v) is 7.48. The van der Waals surface area contributed by atoms with E-state index >= 15 is 0 Å². The smallest absolute Gasteiger partial charge is 0.230 e. The molecule has 0 aliphatic carbocycles. The van der Waals surface area contributed by atoms with Gasteiger partial charge in [-0.25, -0.2) is 0 Å². The van der Waals surface area contributed by atoms with Crippen molar-refractivity contribution in [3.05, 3.63) is 0 Å². The number of nitrogens with two attached hydrogens (primary N) is 1. The third-order valence-electron chi connectivity index (χ3n) is 5.34. The molecule has 2 rings (SSSR count). The Morgan fingerprint density at radius 3 is 2.42 bits per heavy atom. The predicted molar refractivity (Wildman–Crippen MR) is 77.8 cm³/mol. The number of nitrogens with zero attached hydrogens (tertiary/aromatic N) is 2. The number of carbonyl (C=O) groups excluding carboxylic acids is 1. The highest BCUT2D eigenvalue weighted by atomic mass is 16.2. The quantitative estimate of drug-likeness (QED) is 0.824. The maximum Gasteiger partial charge on any atom is 0.230 e. The van der Waals surface area contributed by atoms with Gasteiger partial charge < -0.3 is 10.6 Å². The molecule has 2 aliphatic heterocycles. The first-order valence-electron chi connectivity index (χ1n) is 7.48. The second kappa shape index (κ2) is 4.74. The Hall–Kier alpha value is -0.610. The first-order chi connectivity index (χ1) is 8.64. The highest BCUT2D eigenvalue weighted by Gasteiger charge is 2.46. The monoisotopic (exact) mass is 267 g/mol. The molecule has 2 heterocycles. The van der Waals surface area contributed by atoms with Gasteiger partial charge in [-0.1, -0.05) is 0 Å². The van der Waals surface area contributed by atoms with Gasteiger partial charge in [0.25, 0.3) is 0 Å². The summed E-state index contributed by atoms with van der Waals surface area (Å²) in [5.41, 5.74) is 5.19. The maximum absolute atomic E-state index is 12.9. The molecule has 0 aromatic rings. The number of rotatable bonds is 2. The Bertz CT molecular complexity index is 359. The second-order valence-corrected chi connectivity index (χ2v) is 7.44. The Morgan fingerprint density at radius 2 is 1.84 bits per heavy atom. The van der Waals surface area contributed by atoms with Gasteiger partial charge in [0.2, 0.25) is 5.91 Å². The van der Waals surface area contributed by atoms with Crippen molar-refractivity contribution in [1.82, 2.24) is 9.80 Å². The maximum atomic E-state index is 12.9. The number of piperazine rings is 1. The molecule has 2 N–H and O–H groups in total. The lowest BCUT2D eigenvalue weighted by molar-refractivity contribution is -0.149. The summed E-state index contributed by atoms with van der Waals surface area (Å²) in [5.74, 6) is 0.207. The van der Waals surface area contributed by atoms with Crippen LogP contribution in [-0.2, 0) is 4.79 Å². The minimum Gasteiger partial charge on any atom is -0.337 e. The summed E-state index contributed by atoms with van der Waals surface area (Å²) in [6.45, 7) is 13.1. The summed E-state index contributed by atoms with van der Waals surface area (Å²) in [7, 11) is 0. The zero-order valence-electron chi connectivity index (χ0n) is 13.1.